The molecule has 3 N–H and O–H groups in total. The van der Waals surface area contributed by atoms with Crippen LogP contribution in [-0.2, 0) is 19.1 Å². The number of nitrogens with one attached hydrogen (secondary N) is 2. The van der Waals surface area contributed by atoms with Gasteiger partial charge in [0.25, 0.3) is 0 Å². The summed E-state index contributed by atoms with van der Waals surface area (Å²) in [5.41, 5.74) is 4.60. The fraction of sp³-hybridized carbons (Fsp3) is 0.444. The number of carboxylic acid groups (broad SMARTS) is 1. The smallest absolute Gasteiger partial charge is 0.407 e. The van der Waals surface area contributed by atoms with Crippen molar-refractivity contribution in [2.75, 3.05) is 26.8 Å². The Kier molecular flexibility index (Phi) is 8.02. The molecule has 2 aliphatic rings. The van der Waals surface area contributed by atoms with Gasteiger partial charge in [-0.05, 0) is 41.0 Å². The van der Waals surface area contributed by atoms with Crippen LogP contribution in [0.15, 0.2) is 48.5 Å². The Morgan fingerprint density at radius 1 is 1.00 bits per heavy atom. The molecule has 2 aliphatic carbocycles. The van der Waals surface area contributed by atoms with Crippen molar-refractivity contribution in [2.24, 2.45) is 11.8 Å². The highest BCUT2D eigenvalue weighted by Gasteiger charge is 2.33. The number of hydrogen-bond acceptors (Lipinski definition) is 5. The largest absolute Gasteiger partial charge is 0.481 e. The summed E-state index contributed by atoms with van der Waals surface area (Å²) >= 11 is 0. The van der Waals surface area contributed by atoms with E-state index in [1.807, 2.05) is 24.3 Å². The number of carbonyl (C=O) groups is 3. The molecule has 0 spiro atoms. The van der Waals surface area contributed by atoms with Crippen LogP contribution in [0.5, 0.6) is 0 Å². The predicted octanol–water partition coefficient (Wildman–Crippen LogP) is 3.55. The minimum absolute atomic E-state index is 0.0245. The number of fused-ring (bicyclic) bond motifs is 3. The summed E-state index contributed by atoms with van der Waals surface area (Å²) < 4.78 is 10.8. The van der Waals surface area contributed by atoms with E-state index in [9.17, 15) is 19.5 Å². The predicted molar refractivity (Wildman–Crippen MR) is 130 cm³/mol. The normalized spacial score (nSPS) is 16.4. The lowest BCUT2D eigenvalue weighted by Gasteiger charge is -2.31. The lowest BCUT2D eigenvalue weighted by Crippen LogP contribution is -2.44. The summed E-state index contributed by atoms with van der Waals surface area (Å²) in [5, 5.41) is 14.8. The molecule has 8 heteroatoms. The zero-order chi connectivity index (χ0) is 24.8. The highest BCUT2D eigenvalue weighted by atomic mass is 16.5. The van der Waals surface area contributed by atoms with Gasteiger partial charge in [-0.15, -0.1) is 0 Å². The third-order valence-electron chi connectivity index (χ3n) is 7.13. The van der Waals surface area contributed by atoms with E-state index in [1.165, 1.54) is 7.11 Å². The molecule has 2 aromatic rings. The third kappa shape index (κ3) is 5.65. The van der Waals surface area contributed by atoms with E-state index in [2.05, 4.69) is 34.9 Å². The standard InChI is InChI=1S/C27H32N2O6/c1-34-24(25(30)29-15-22(26(31)32)17-7-6-8-17)13-14-28-27(33)35-16-23-20-11-4-2-9-18(20)19-10-3-5-12-21(19)23/h2-5,9-12,17,22-24H,6-8,13-16H2,1H3,(H,28,33)(H,29,30)(H,31,32). The Hall–Kier alpha value is -3.39. The summed E-state index contributed by atoms with van der Waals surface area (Å²) in [5.74, 6) is -1.76. The van der Waals surface area contributed by atoms with E-state index < -0.39 is 24.1 Å². The summed E-state index contributed by atoms with van der Waals surface area (Å²) in [7, 11) is 1.41. The molecular weight excluding hydrogens is 448 g/mol. The van der Waals surface area contributed by atoms with E-state index in [-0.39, 0.29) is 43.9 Å². The lowest BCUT2D eigenvalue weighted by molar-refractivity contribution is -0.145. The average molecular weight is 481 g/mol. The molecule has 0 heterocycles. The minimum atomic E-state index is -0.888. The van der Waals surface area contributed by atoms with Gasteiger partial charge in [0.2, 0.25) is 5.91 Å². The lowest BCUT2D eigenvalue weighted by atomic mass is 9.76. The van der Waals surface area contributed by atoms with E-state index in [1.54, 1.807) is 0 Å². The summed E-state index contributed by atoms with van der Waals surface area (Å²) in [4.78, 5) is 36.3. The first-order chi connectivity index (χ1) is 17.0. The van der Waals surface area contributed by atoms with Crippen molar-refractivity contribution in [1.82, 2.24) is 10.6 Å². The Labute approximate surface area is 205 Å². The molecule has 4 rings (SSSR count). The van der Waals surface area contributed by atoms with Gasteiger partial charge >= 0.3 is 12.1 Å². The van der Waals surface area contributed by atoms with Crippen LogP contribution in [0.3, 0.4) is 0 Å². The van der Waals surface area contributed by atoms with E-state index in [0.717, 1.165) is 41.5 Å². The van der Waals surface area contributed by atoms with Gasteiger partial charge in [0.15, 0.2) is 0 Å². The SMILES string of the molecule is COC(CCNC(=O)OCC1c2ccccc2-c2ccccc21)C(=O)NCC(C(=O)O)C1CCC1. The fourth-order valence-corrected chi connectivity index (χ4v) is 4.93. The summed E-state index contributed by atoms with van der Waals surface area (Å²) in [6.45, 7) is 0.484. The van der Waals surface area contributed by atoms with E-state index >= 15 is 0 Å². The molecule has 0 bridgehead atoms. The molecule has 2 atom stereocenters. The van der Waals surface area contributed by atoms with Gasteiger partial charge in [0.05, 0.1) is 5.92 Å². The number of alkyl carbamates (subject to hydrolysis) is 1. The number of carbonyl (C=O) groups excluding carboxylic acids is 2. The summed E-state index contributed by atoms with van der Waals surface area (Å²) in [6, 6.07) is 16.2. The van der Waals surface area contributed by atoms with Crippen LogP contribution in [0.25, 0.3) is 11.1 Å². The van der Waals surface area contributed by atoms with Crippen molar-refractivity contribution in [3.8, 4) is 11.1 Å². The topological polar surface area (TPSA) is 114 Å². The first kappa shape index (κ1) is 24.7. The van der Waals surface area contributed by atoms with Gasteiger partial charge in [-0.25, -0.2) is 4.79 Å². The van der Waals surface area contributed by atoms with E-state index in [0.29, 0.717) is 0 Å². The maximum atomic E-state index is 12.5. The molecule has 0 aromatic heterocycles. The van der Waals surface area contributed by atoms with Gasteiger partial charge < -0.3 is 25.2 Å². The van der Waals surface area contributed by atoms with Crippen molar-refractivity contribution in [1.29, 1.82) is 0 Å². The summed E-state index contributed by atoms with van der Waals surface area (Å²) in [6.07, 6.45) is 1.69. The average Bonchev–Trinajstić information content (AvgIpc) is 3.15. The molecule has 0 radical (unpaired) electrons. The van der Waals surface area contributed by atoms with Crippen LogP contribution < -0.4 is 10.6 Å². The van der Waals surface area contributed by atoms with Crippen LogP contribution in [-0.4, -0.2) is 56.0 Å². The molecular formula is C27H32N2O6. The number of methoxy groups -OCH3 is 1. The monoisotopic (exact) mass is 480 g/mol. The maximum Gasteiger partial charge on any atom is 0.407 e. The van der Waals surface area contributed by atoms with E-state index in [4.69, 9.17) is 9.47 Å². The Morgan fingerprint density at radius 2 is 1.63 bits per heavy atom. The van der Waals surface area contributed by atoms with Crippen molar-refractivity contribution in [3.05, 3.63) is 59.7 Å². The molecule has 0 saturated heterocycles. The molecule has 0 aliphatic heterocycles. The molecule has 2 aromatic carbocycles. The Balaban J connectivity index is 1.22. The number of amides is 2. The van der Waals surface area contributed by atoms with Crippen molar-refractivity contribution in [2.45, 2.75) is 37.7 Å². The van der Waals surface area contributed by atoms with Gasteiger partial charge in [0.1, 0.15) is 12.7 Å². The fourth-order valence-electron chi connectivity index (χ4n) is 4.93. The van der Waals surface area contributed by atoms with Gasteiger partial charge in [-0.2, -0.15) is 0 Å². The molecule has 2 amide bonds. The number of ether oxygens (including phenoxy) is 2. The first-order valence-corrected chi connectivity index (χ1v) is 12.1. The first-order valence-electron chi connectivity index (χ1n) is 12.1. The minimum Gasteiger partial charge on any atom is -0.481 e. The molecule has 1 saturated carbocycles. The number of aliphatic carboxylic acids is 1. The second-order valence-electron chi connectivity index (χ2n) is 9.15. The molecule has 1 fully saturated rings. The van der Waals surface area contributed by atoms with Crippen molar-refractivity contribution in [3.63, 3.8) is 0 Å². The molecule has 2 unspecified atom stereocenters. The molecule has 186 valence electrons. The highest BCUT2D eigenvalue weighted by Crippen LogP contribution is 2.44. The van der Waals surface area contributed by atoms with Crippen LogP contribution in [0.1, 0.15) is 42.7 Å². The van der Waals surface area contributed by atoms with Gasteiger partial charge in [-0.1, -0.05) is 55.0 Å². The second kappa shape index (κ2) is 11.4. The second-order valence-corrected chi connectivity index (χ2v) is 9.15. The quantitative estimate of drug-likeness (QED) is 0.453. The maximum absolute atomic E-state index is 12.5. The van der Waals surface area contributed by atoms with Crippen LogP contribution in [0.4, 0.5) is 4.79 Å². The van der Waals surface area contributed by atoms with Crippen LogP contribution in [0.2, 0.25) is 0 Å². The number of hydrogen-bond donors (Lipinski definition) is 3. The van der Waals surface area contributed by atoms with Crippen LogP contribution in [0, 0.1) is 11.8 Å². The number of rotatable bonds is 11. The Bertz CT molecular complexity index is 1020. The zero-order valence-corrected chi connectivity index (χ0v) is 19.9. The third-order valence-corrected chi connectivity index (χ3v) is 7.13. The number of benzene rings is 2. The molecule has 35 heavy (non-hydrogen) atoms. The molecule has 8 nitrogen and oxygen atoms in total. The van der Waals surface area contributed by atoms with Crippen LogP contribution >= 0.6 is 0 Å². The number of carboxylic acids is 1. The zero-order valence-electron chi connectivity index (χ0n) is 19.9. The van der Waals surface area contributed by atoms with Crippen molar-refractivity contribution >= 4 is 18.0 Å². The van der Waals surface area contributed by atoms with Gasteiger partial charge in [-0.3, -0.25) is 9.59 Å². The Morgan fingerprint density at radius 3 is 2.17 bits per heavy atom. The van der Waals surface area contributed by atoms with Gasteiger partial charge in [0, 0.05) is 32.5 Å². The highest BCUT2D eigenvalue weighted by molar-refractivity contribution is 5.82. The van der Waals surface area contributed by atoms with Crippen molar-refractivity contribution < 1.29 is 29.0 Å².